The Kier molecular flexibility index (Phi) is 8.34. The lowest BCUT2D eigenvalue weighted by atomic mass is 9.95. The number of aromatic nitrogens is 3. The fourth-order valence-corrected chi connectivity index (χ4v) is 7.45. The summed E-state index contributed by atoms with van der Waals surface area (Å²) in [6, 6.07) is 21.5. The molecule has 0 radical (unpaired) electrons. The first-order chi connectivity index (χ1) is 20.8. The molecule has 0 saturated carbocycles. The summed E-state index contributed by atoms with van der Waals surface area (Å²) >= 11 is 2.92. The zero-order chi connectivity index (χ0) is 30.1. The molecule has 0 bridgehead atoms. The van der Waals surface area contributed by atoms with Gasteiger partial charge in [0, 0.05) is 22.4 Å². The number of aryl methyl sites for hydroxylation is 1. The molecule has 10 heteroatoms. The van der Waals surface area contributed by atoms with Crippen molar-refractivity contribution < 1.29 is 14.3 Å². The van der Waals surface area contributed by atoms with Gasteiger partial charge in [0.05, 0.1) is 24.2 Å². The number of ether oxygens (including phenoxy) is 1. The molecule has 3 heterocycles. The van der Waals surface area contributed by atoms with Crippen LogP contribution >= 0.6 is 23.1 Å². The molecule has 0 fully saturated rings. The third-order valence-electron chi connectivity index (χ3n) is 7.72. The summed E-state index contributed by atoms with van der Waals surface area (Å²) in [4.78, 5) is 28.4. The summed E-state index contributed by atoms with van der Waals surface area (Å²) in [7, 11) is 0. The van der Waals surface area contributed by atoms with E-state index in [0.29, 0.717) is 29.3 Å². The average molecular weight is 612 g/mol. The van der Waals surface area contributed by atoms with Crippen LogP contribution in [0, 0.1) is 19.8 Å². The topological polar surface area (TPSA) is 89.4 Å². The summed E-state index contributed by atoms with van der Waals surface area (Å²) in [6.45, 7) is 8.99. The van der Waals surface area contributed by atoms with E-state index in [4.69, 9.17) is 4.74 Å². The van der Waals surface area contributed by atoms with Crippen LogP contribution < -0.4 is 10.2 Å². The van der Waals surface area contributed by atoms with Gasteiger partial charge in [0.25, 0.3) is 0 Å². The number of nitrogens with one attached hydrogen (secondary N) is 1. The van der Waals surface area contributed by atoms with Gasteiger partial charge < -0.3 is 10.1 Å². The van der Waals surface area contributed by atoms with Crippen molar-refractivity contribution in [2.45, 2.75) is 52.0 Å². The Morgan fingerprint density at radius 3 is 2.72 bits per heavy atom. The largest absolute Gasteiger partial charge is 0.372 e. The Morgan fingerprint density at radius 2 is 1.93 bits per heavy atom. The Labute approximate surface area is 259 Å². The fourth-order valence-electron chi connectivity index (χ4n) is 5.40. The van der Waals surface area contributed by atoms with E-state index in [1.807, 2.05) is 78.2 Å². The average Bonchev–Trinajstić information content (AvgIpc) is 3.56. The molecule has 6 rings (SSSR count). The predicted octanol–water partition coefficient (Wildman–Crippen LogP) is 7.22. The molecule has 1 unspecified atom stereocenters. The number of rotatable bonds is 9. The molecule has 0 spiro atoms. The summed E-state index contributed by atoms with van der Waals surface area (Å²) in [5.41, 5.74) is 4.87. The van der Waals surface area contributed by atoms with E-state index in [9.17, 15) is 9.59 Å². The minimum Gasteiger partial charge on any atom is -0.372 e. The smallest absolute Gasteiger partial charge is 0.244 e. The Balaban J connectivity index is 1.35. The van der Waals surface area contributed by atoms with Gasteiger partial charge in [-0.3, -0.25) is 14.5 Å². The molecule has 1 aliphatic rings. The normalized spacial score (nSPS) is 14.6. The second kappa shape index (κ2) is 12.3. The maximum Gasteiger partial charge on any atom is 0.244 e. The number of anilines is 3. The first-order valence-electron chi connectivity index (χ1n) is 14.2. The number of thioether (sulfide) groups is 1. The summed E-state index contributed by atoms with van der Waals surface area (Å²) in [6.07, 6.45) is 1.75. The van der Waals surface area contributed by atoms with Gasteiger partial charge in [-0.2, -0.15) is 0 Å². The van der Waals surface area contributed by atoms with Crippen LogP contribution in [0.3, 0.4) is 0 Å². The summed E-state index contributed by atoms with van der Waals surface area (Å²) in [5, 5.41) is 15.5. The van der Waals surface area contributed by atoms with E-state index in [1.54, 1.807) is 11.3 Å². The number of nitrogens with zero attached hydrogens (tertiary/aromatic N) is 4. The van der Waals surface area contributed by atoms with Gasteiger partial charge in [0.1, 0.15) is 5.00 Å². The van der Waals surface area contributed by atoms with Crippen LogP contribution in [-0.4, -0.2) is 38.9 Å². The highest BCUT2D eigenvalue weighted by atomic mass is 32.2. The second-order valence-electron chi connectivity index (χ2n) is 11.0. The molecular weight excluding hydrogens is 579 g/mol. The second-order valence-corrected chi connectivity index (χ2v) is 13.1. The van der Waals surface area contributed by atoms with E-state index < -0.39 is 0 Å². The molecule has 220 valence electrons. The zero-order valence-electron chi connectivity index (χ0n) is 24.5. The monoisotopic (exact) mass is 611 g/mol. The van der Waals surface area contributed by atoms with Crippen LogP contribution in [0.25, 0.3) is 15.8 Å². The van der Waals surface area contributed by atoms with Gasteiger partial charge in [0.15, 0.2) is 5.16 Å². The van der Waals surface area contributed by atoms with Crippen LogP contribution in [-0.2, 0) is 27.4 Å². The summed E-state index contributed by atoms with van der Waals surface area (Å²) < 4.78 is 8.09. The van der Waals surface area contributed by atoms with Gasteiger partial charge in [-0.15, -0.1) is 21.5 Å². The lowest BCUT2D eigenvalue weighted by Gasteiger charge is -2.26. The number of hydrogen-bond acceptors (Lipinski definition) is 7. The van der Waals surface area contributed by atoms with Crippen LogP contribution in [0.15, 0.2) is 71.9 Å². The maximum atomic E-state index is 13.2. The molecule has 2 aromatic heterocycles. The number of amides is 2. The van der Waals surface area contributed by atoms with Gasteiger partial charge in [-0.25, -0.2) is 4.57 Å². The van der Waals surface area contributed by atoms with Crippen LogP contribution in [0.1, 0.15) is 35.4 Å². The van der Waals surface area contributed by atoms with Crippen molar-refractivity contribution >= 4 is 63.5 Å². The highest BCUT2D eigenvalue weighted by molar-refractivity contribution is 7.99. The first kappa shape index (κ1) is 29.1. The van der Waals surface area contributed by atoms with Crippen molar-refractivity contribution in [3.63, 3.8) is 0 Å². The number of hydrogen-bond donors (Lipinski definition) is 1. The molecule has 1 atom stereocenters. The number of thiophene rings is 1. The van der Waals surface area contributed by atoms with Crippen molar-refractivity contribution in [1.82, 2.24) is 14.8 Å². The molecule has 3 aromatic carbocycles. The number of fused-ring (bicyclic) bond motifs is 2. The van der Waals surface area contributed by atoms with Crippen molar-refractivity contribution in [2.24, 2.45) is 5.92 Å². The van der Waals surface area contributed by atoms with Gasteiger partial charge >= 0.3 is 0 Å². The summed E-state index contributed by atoms with van der Waals surface area (Å²) in [5.74, 6) is 0.745. The van der Waals surface area contributed by atoms with Gasteiger partial charge in [-0.1, -0.05) is 74.1 Å². The van der Waals surface area contributed by atoms with Gasteiger partial charge in [0.2, 0.25) is 18.3 Å². The van der Waals surface area contributed by atoms with Crippen molar-refractivity contribution in [1.29, 1.82) is 0 Å². The predicted molar refractivity (Wildman–Crippen MR) is 174 cm³/mol. The molecule has 2 amide bonds. The van der Waals surface area contributed by atoms with Crippen molar-refractivity contribution in [2.75, 3.05) is 16.0 Å². The fraction of sp³-hybridized carbons (Fsp3) is 0.273. The molecule has 8 nitrogen and oxygen atoms in total. The first-order valence-corrected chi connectivity index (χ1v) is 16.0. The van der Waals surface area contributed by atoms with Crippen LogP contribution in [0.5, 0.6) is 0 Å². The van der Waals surface area contributed by atoms with Crippen LogP contribution in [0.4, 0.5) is 17.3 Å². The minimum atomic E-state index is -0.154. The standard InChI is InChI=1S/C33H33N5O3S2/c1-20(2)28-16-26-22(4)31(43-29(26)17-41-28)38-32(37(19-39)24-12-7-9-21(3)15-24)35-36-33(38)42-18-30(40)34-27-14-8-11-23-10-5-6-13-25(23)27/h5-15,19-20,28H,16-18H2,1-4H3,(H,34,40). The molecule has 0 aliphatic carbocycles. The number of carbonyl (C=O) groups is 2. The van der Waals surface area contributed by atoms with Crippen LogP contribution in [0.2, 0.25) is 0 Å². The third kappa shape index (κ3) is 5.82. The SMILES string of the molecule is Cc1cccc(N(C=O)c2nnc(SCC(=O)Nc3cccc4ccccc34)n2-c2sc3c(c2C)CC(C(C)C)OC3)c1. The molecule has 1 N–H and O–H groups in total. The molecule has 5 aromatic rings. The minimum absolute atomic E-state index is 0.121. The lowest BCUT2D eigenvalue weighted by molar-refractivity contribution is -0.113. The molecule has 1 aliphatic heterocycles. The number of carbonyl (C=O) groups excluding carboxylic acids is 2. The maximum absolute atomic E-state index is 13.2. The Morgan fingerprint density at radius 1 is 1.14 bits per heavy atom. The third-order valence-corrected chi connectivity index (χ3v) is 9.95. The van der Waals surface area contributed by atoms with E-state index in [-0.39, 0.29) is 17.8 Å². The van der Waals surface area contributed by atoms with E-state index in [1.165, 1.54) is 27.1 Å². The van der Waals surface area contributed by atoms with Crippen molar-refractivity contribution in [3.05, 3.63) is 88.3 Å². The Bertz CT molecular complexity index is 1810. The Hall–Kier alpha value is -3.99. The zero-order valence-corrected chi connectivity index (χ0v) is 26.2. The highest BCUT2D eigenvalue weighted by Gasteiger charge is 2.30. The number of benzene rings is 3. The molecule has 0 saturated heterocycles. The van der Waals surface area contributed by atoms with E-state index in [0.717, 1.165) is 45.4 Å². The highest BCUT2D eigenvalue weighted by Crippen LogP contribution is 2.41. The lowest BCUT2D eigenvalue weighted by Crippen LogP contribution is -2.26. The molecular formula is C33H33N5O3S2. The van der Waals surface area contributed by atoms with Crippen molar-refractivity contribution in [3.8, 4) is 5.00 Å². The van der Waals surface area contributed by atoms with E-state index in [2.05, 4.69) is 36.3 Å². The quantitative estimate of drug-likeness (QED) is 0.140. The molecule has 43 heavy (non-hydrogen) atoms. The van der Waals surface area contributed by atoms with E-state index >= 15 is 0 Å². The van der Waals surface area contributed by atoms with Gasteiger partial charge in [-0.05, 0) is 60.0 Å².